The van der Waals surface area contributed by atoms with Gasteiger partial charge in [-0.25, -0.2) is 0 Å². The first-order valence-electron chi connectivity index (χ1n) is 16.1. The van der Waals surface area contributed by atoms with E-state index in [1.807, 2.05) is 0 Å². The van der Waals surface area contributed by atoms with Crippen LogP contribution in [0.25, 0.3) is 98.5 Å². The zero-order valence-electron chi connectivity index (χ0n) is 25.3. The van der Waals surface area contributed by atoms with Gasteiger partial charge in [-0.1, -0.05) is 109 Å². The molecule has 8 aromatic carbocycles. The molecule has 218 valence electrons. The van der Waals surface area contributed by atoms with E-state index in [1.54, 1.807) is 0 Å². The fraction of sp³-hybridized carbons (Fsp3) is 0. The number of hydrogen-bond acceptors (Lipinski definition) is 1. The maximum atomic E-state index is 7.14. The number of fused-ring (bicyclic) bond motifs is 13. The van der Waals surface area contributed by atoms with Crippen LogP contribution < -0.4 is 0 Å². The summed E-state index contributed by atoms with van der Waals surface area (Å²) >= 11 is 0. The van der Waals surface area contributed by atoms with Gasteiger partial charge in [0.1, 0.15) is 11.2 Å². The number of furan rings is 1. The van der Waals surface area contributed by atoms with E-state index in [0.717, 1.165) is 43.7 Å². The van der Waals surface area contributed by atoms with Crippen LogP contribution in [0.1, 0.15) is 0 Å². The zero-order valence-corrected chi connectivity index (χ0v) is 25.3. The van der Waals surface area contributed by atoms with E-state index in [4.69, 9.17) is 4.42 Å². The van der Waals surface area contributed by atoms with Gasteiger partial charge in [0.15, 0.2) is 0 Å². The minimum absolute atomic E-state index is 0.933. The van der Waals surface area contributed by atoms with Gasteiger partial charge in [-0.3, -0.25) is 0 Å². The molecule has 0 unspecified atom stereocenters. The molecule has 3 heteroatoms. The van der Waals surface area contributed by atoms with Crippen LogP contribution in [0.2, 0.25) is 0 Å². The van der Waals surface area contributed by atoms with Gasteiger partial charge in [0.05, 0.1) is 44.2 Å². The van der Waals surface area contributed by atoms with Gasteiger partial charge >= 0.3 is 0 Å². The Morgan fingerprint density at radius 3 is 1.19 bits per heavy atom. The van der Waals surface area contributed by atoms with Gasteiger partial charge in [-0.15, -0.1) is 0 Å². The molecule has 0 saturated carbocycles. The molecule has 0 N–H and O–H groups in total. The summed E-state index contributed by atoms with van der Waals surface area (Å²) in [4.78, 5) is 0. The molecule has 0 radical (unpaired) electrons. The summed E-state index contributed by atoms with van der Waals surface area (Å²) in [6.45, 7) is 0. The van der Waals surface area contributed by atoms with Gasteiger partial charge < -0.3 is 13.6 Å². The highest BCUT2D eigenvalue weighted by Crippen LogP contribution is 2.45. The number of benzene rings is 8. The second-order valence-electron chi connectivity index (χ2n) is 12.5. The lowest BCUT2D eigenvalue weighted by Gasteiger charge is -2.11. The first-order chi connectivity index (χ1) is 23.3. The average Bonchev–Trinajstić information content (AvgIpc) is 3.78. The summed E-state index contributed by atoms with van der Waals surface area (Å²) in [6, 6.07) is 56.9. The Hall–Kier alpha value is -6.32. The molecule has 0 bridgehead atoms. The number of aromatic nitrogens is 2. The Morgan fingerprint density at radius 2 is 0.702 bits per heavy atom. The standard InChI is InChI=1S/C44H26N2O/c1-3-15-29-27(11-1)13-9-21-35(29)45-37-19-7-5-17-33(37)41-39(45)25-23-31-32-24-26-40-42(44(32)47-43(31)41)34-18-6-8-20-38(34)46(40)36-22-10-14-28-12-2-4-16-30(28)36/h1-26H. The topological polar surface area (TPSA) is 23.0 Å². The Labute approximate surface area is 269 Å². The quantitative estimate of drug-likeness (QED) is 0.194. The van der Waals surface area contributed by atoms with Gasteiger partial charge in [0.2, 0.25) is 0 Å². The summed E-state index contributed by atoms with van der Waals surface area (Å²) in [5.41, 5.74) is 8.83. The minimum atomic E-state index is 0.933. The van der Waals surface area contributed by atoms with Crippen LogP contribution in [0.4, 0.5) is 0 Å². The van der Waals surface area contributed by atoms with Crippen molar-refractivity contribution in [3.05, 3.63) is 158 Å². The van der Waals surface area contributed by atoms with E-state index in [0.29, 0.717) is 0 Å². The highest BCUT2D eigenvalue weighted by Gasteiger charge is 2.23. The maximum Gasteiger partial charge on any atom is 0.145 e. The normalized spacial score (nSPS) is 12.3. The fourth-order valence-electron chi connectivity index (χ4n) is 8.12. The predicted molar refractivity (Wildman–Crippen MR) is 197 cm³/mol. The van der Waals surface area contributed by atoms with Gasteiger partial charge in [-0.05, 0) is 59.3 Å². The summed E-state index contributed by atoms with van der Waals surface area (Å²) in [5, 5.41) is 11.9. The van der Waals surface area contributed by atoms with E-state index >= 15 is 0 Å². The molecule has 0 fully saturated rings. The second-order valence-corrected chi connectivity index (χ2v) is 12.5. The van der Waals surface area contributed by atoms with Crippen molar-refractivity contribution in [1.29, 1.82) is 0 Å². The van der Waals surface area contributed by atoms with E-state index in [-0.39, 0.29) is 0 Å². The molecule has 47 heavy (non-hydrogen) atoms. The molecule has 3 heterocycles. The van der Waals surface area contributed by atoms with Crippen molar-refractivity contribution in [2.75, 3.05) is 0 Å². The molecule has 11 aromatic rings. The van der Waals surface area contributed by atoms with Crippen LogP contribution in [0.3, 0.4) is 0 Å². The molecule has 0 spiro atoms. The summed E-state index contributed by atoms with van der Waals surface area (Å²) < 4.78 is 12.0. The van der Waals surface area contributed by atoms with Gasteiger partial charge in [0, 0.05) is 32.3 Å². The lowest BCUT2D eigenvalue weighted by Crippen LogP contribution is -1.95. The van der Waals surface area contributed by atoms with Crippen molar-refractivity contribution in [1.82, 2.24) is 9.13 Å². The second kappa shape index (κ2) is 9.12. The van der Waals surface area contributed by atoms with Gasteiger partial charge in [-0.2, -0.15) is 0 Å². The van der Waals surface area contributed by atoms with E-state index < -0.39 is 0 Å². The fourth-order valence-corrected chi connectivity index (χ4v) is 8.12. The molecular formula is C44H26N2O. The van der Waals surface area contributed by atoms with E-state index in [2.05, 4.69) is 167 Å². The van der Waals surface area contributed by atoms with Crippen molar-refractivity contribution in [3.63, 3.8) is 0 Å². The molecule has 3 aromatic heterocycles. The number of nitrogens with zero attached hydrogens (tertiary/aromatic N) is 2. The van der Waals surface area contributed by atoms with Crippen LogP contribution in [0.15, 0.2) is 162 Å². The van der Waals surface area contributed by atoms with Crippen molar-refractivity contribution in [3.8, 4) is 11.4 Å². The Balaban J connectivity index is 1.29. The molecular weight excluding hydrogens is 572 g/mol. The summed E-state index contributed by atoms with van der Waals surface area (Å²) in [7, 11) is 0. The summed E-state index contributed by atoms with van der Waals surface area (Å²) in [5.74, 6) is 0. The average molecular weight is 599 g/mol. The van der Waals surface area contributed by atoms with Gasteiger partial charge in [0.25, 0.3) is 0 Å². The lowest BCUT2D eigenvalue weighted by atomic mass is 10.1. The number of rotatable bonds is 2. The van der Waals surface area contributed by atoms with Crippen molar-refractivity contribution >= 4 is 87.1 Å². The molecule has 11 rings (SSSR count). The third-order valence-electron chi connectivity index (χ3n) is 10.1. The lowest BCUT2D eigenvalue weighted by molar-refractivity contribution is 0.677. The maximum absolute atomic E-state index is 7.14. The highest BCUT2D eigenvalue weighted by molar-refractivity contribution is 6.29. The molecule has 0 aliphatic carbocycles. The summed E-state index contributed by atoms with van der Waals surface area (Å²) in [6.07, 6.45) is 0. The third kappa shape index (κ3) is 3.25. The van der Waals surface area contributed by atoms with Crippen molar-refractivity contribution < 1.29 is 4.42 Å². The molecule has 0 aliphatic rings. The van der Waals surface area contributed by atoms with Crippen LogP contribution in [0.5, 0.6) is 0 Å². The molecule has 0 amide bonds. The third-order valence-corrected chi connectivity index (χ3v) is 10.1. The minimum Gasteiger partial charge on any atom is -0.455 e. The van der Waals surface area contributed by atoms with Crippen molar-refractivity contribution in [2.45, 2.75) is 0 Å². The zero-order chi connectivity index (χ0) is 30.6. The highest BCUT2D eigenvalue weighted by atomic mass is 16.3. The predicted octanol–water partition coefficient (Wildman–Crippen LogP) is 12.1. The van der Waals surface area contributed by atoms with Crippen LogP contribution >= 0.6 is 0 Å². The molecule has 0 atom stereocenters. The Kier molecular flexibility index (Phi) is 4.84. The molecule has 0 aliphatic heterocycles. The van der Waals surface area contributed by atoms with E-state index in [1.165, 1.54) is 54.7 Å². The smallest absolute Gasteiger partial charge is 0.145 e. The van der Waals surface area contributed by atoms with Crippen LogP contribution in [-0.2, 0) is 0 Å². The molecule has 0 saturated heterocycles. The molecule has 3 nitrogen and oxygen atoms in total. The largest absolute Gasteiger partial charge is 0.455 e. The number of para-hydroxylation sites is 2. The van der Waals surface area contributed by atoms with Crippen LogP contribution in [-0.4, -0.2) is 9.13 Å². The van der Waals surface area contributed by atoms with Crippen molar-refractivity contribution in [2.24, 2.45) is 0 Å². The monoisotopic (exact) mass is 598 g/mol. The Morgan fingerprint density at radius 1 is 0.298 bits per heavy atom. The first kappa shape index (κ1) is 24.9. The first-order valence-corrected chi connectivity index (χ1v) is 16.1. The number of hydrogen-bond donors (Lipinski definition) is 0. The van der Waals surface area contributed by atoms with E-state index in [9.17, 15) is 0 Å². The SMILES string of the molecule is c1ccc2c(-n3c4ccccc4c4c5oc6c(ccc7c6c6ccccc6n7-c6cccc7ccccc67)c5ccc43)cccc2c1. The Bertz CT molecular complexity index is 2860. The van der Waals surface area contributed by atoms with Crippen LogP contribution in [0, 0.1) is 0 Å².